The summed E-state index contributed by atoms with van der Waals surface area (Å²) < 4.78 is 90.8. The minimum atomic E-state index is -4.15. The molecular weight excluding hydrogens is 265 g/mol. The molecule has 0 N–H and O–H groups in total. The highest BCUT2D eigenvalue weighted by molar-refractivity contribution is 5.28. The van der Waals surface area contributed by atoms with Gasteiger partial charge in [-0.15, -0.1) is 0 Å². The summed E-state index contributed by atoms with van der Waals surface area (Å²) in [5.41, 5.74) is -2.09. The van der Waals surface area contributed by atoms with E-state index in [2.05, 4.69) is 0 Å². The molecule has 18 heavy (non-hydrogen) atoms. The van der Waals surface area contributed by atoms with E-state index in [1.165, 1.54) is 0 Å². The van der Waals surface area contributed by atoms with E-state index in [0.29, 0.717) is 0 Å². The molecule has 104 valence electrons. The van der Waals surface area contributed by atoms with Crippen molar-refractivity contribution in [3.05, 3.63) is 34.6 Å². The Morgan fingerprint density at radius 3 is 1.28 bits per heavy atom. The standard InChI is InChI=1S/C10H7F7.CH4/c1-3(2)10(16,17)4-5(11)7(13)9(15)8(14)6(4)12;/h3H,1-2H3;1H4. The van der Waals surface area contributed by atoms with Gasteiger partial charge in [-0.2, -0.15) is 0 Å². The largest absolute Gasteiger partial charge is 0.281 e. The first-order valence-corrected chi connectivity index (χ1v) is 4.52. The van der Waals surface area contributed by atoms with E-state index in [0.717, 1.165) is 13.8 Å². The van der Waals surface area contributed by atoms with Crippen molar-refractivity contribution in [3.8, 4) is 0 Å². The zero-order valence-electron chi connectivity index (χ0n) is 8.72. The highest BCUT2D eigenvalue weighted by atomic mass is 19.3. The Hall–Kier alpha value is -1.27. The lowest BCUT2D eigenvalue weighted by atomic mass is 9.96. The van der Waals surface area contributed by atoms with Crippen LogP contribution in [0.25, 0.3) is 0 Å². The topological polar surface area (TPSA) is 0 Å². The molecule has 0 radical (unpaired) electrons. The average Bonchev–Trinajstić information content (AvgIpc) is 2.23. The molecule has 7 heteroatoms. The Labute approximate surface area is 99.4 Å². The zero-order valence-corrected chi connectivity index (χ0v) is 8.72. The Morgan fingerprint density at radius 2 is 1.00 bits per heavy atom. The summed E-state index contributed by atoms with van der Waals surface area (Å²) in [7, 11) is 0. The monoisotopic (exact) mass is 276 g/mol. The Bertz CT molecular complexity index is 422. The highest BCUT2D eigenvalue weighted by Gasteiger charge is 2.44. The fourth-order valence-electron chi connectivity index (χ4n) is 1.19. The summed E-state index contributed by atoms with van der Waals surface area (Å²) in [6.07, 6.45) is 0. The van der Waals surface area contributed by atoms with E-state index in [9.17, 15) is 30.7 Å². The molecule has 0 unspecified atom stereocenters. The van der Waals surface area contributed by atoms with Crippen molar-refractivity contribution in [3.63, 3.8) is 0 Å². The van der Waals surface area contributed by atoms with E-state index in [4.69, 9.17) is 0 Å². The molecule has 0 saturated carbocycles. The van der Waals surface area contributed by atoms with Crippen LogP contribution in [-0.4, -0.2) is 0 Å². The first kappa shape index (κ1) is 16.7. The third-order valence-electron chi connectivity index (χ3n) is 2.27. The highest BCUT2D eigenvalue weighted by Crippen LogP contribution is 2.40. The number of alkyl halides is 2. The molecule has 0 bridgehead atoms. The quantitative estimate of drug-likeness (QED) is 0.415. The van der Waals surface area contributed by atoms with Crippen LogP contribution in [0.5, 0.6) is 0 Å². The SMILES string of the molecule is C.CC(C)C(F)(F)c1c(F)c(F)c(F)c(F)c1F. The fraction of sp³-hybridized carbons (Fsp3) is 0.455. The second-order valence-electron chi connectivity index (χ2n) is 3.72. The third-order valence-corrected chi connectivity index (χ3v) is 2.27. The van der Waals surface area contributed by atoms with Gasteiger partial charge in [-0.25, -0.2) is 30.7 Å². The zero-order chi connectivity index (χ0) is 13.5. The van der Waals surface area contributed by atoms with Crippen molar-refractivity contribution >= 4 is 0 Å². The lowest BCUT2D eigenvalue weighted by molar-refractivity contribution is -0.0588. The number of hydrogen-bond donors (Lipinski definition) is 0. The van der Waals surface area contributed by atoms with Gasteiger partial charge in [0, 0.05) is 5.92 Å². The second-order valence-corrected chi connectivity index (χ2v) is 3.72. The van der Waals surface area contributed by atoms with Crippen molar-refractivity contribution in [1.29, 1.82) is 0 Å². The van der Waals surface area contributed by atoms with Crippen LogP contribution in [-0.2, 0) is 5.92 Å². The van der Waals surface area contributed by atoms with Crippen LogP contribution >= 0.6 is 0 Å². The molecule has 0 spiro atoms. The Kier molecular flexibility index (Phi) is 4.79. The second kappa shape index (κ2) is 5.16. The van der Waals surface area contributed by atoms with Crippen LogP contribution in [0.3, 0.4) is 0 Å². The molecule has 0 aromatic heterocycles. The van der Waals surface area contributed by atoms with E-state index in [1.807, 2.05) is 0 Å². The number of benzene rings is 1. The lowest BCUT2D eigenvalue weighted by Crippen LogP contribution is -2.26. The van der Waals surface area contributed by atoms with E-state index in [-0.39, 0.29) is 7.43 Å². The predicted octanol–water partition coefficient (Wildman–Crippen LogP) is 4.77. The summed E-state index contributed by atoms with van der Waals surface area (Å²) in [4.78, 5) is 0. The number of hydrogen-bond acceptors (Lipinski definition) is 0. The maximum Gasteiger partial charge on any atom is 0.281 e. The molecule has 0 aliphatic carbocycles. The number of rotatable bonds is 2. The molecule has 0 amide bonds. The van der Waals surface area contributed by atoms with Gasteiger partial charge in [0.05, 0.1) is 5.56 Å². The molecule has 0 fully saturated rings. The molecule has 1 aromatic carbocycles. The summed E-state index contributed by atoms with van der Waals surface area (Å²) in [6.45, 7) is 1.80. The Balaban J connectivity index is 0.00000289. The molecule has 1 rings (SSSR count). The third kappa shape index (κ3) is 2.30. The molecule has 1 aromatic rings. The van der Waals surface area contributed by atoms with E-state index >= 15 is 0 Å². The first-order chi connectivity index (χ1) is 7.62. The molecule has 0 nitrogen and oxygen atoms in total. The molecule has 0 aliphatic heterocycles. The first-order valence-electron chi connectivity index (χ1n) is 4.52. The van der Waals surface area contributed by atoms with Gasteiger partial charge in [-0.05, 0) is 0 Å². The summed E-state index contributed by atoms with van der Waals surface area (Å²) in [6, 6.07) is 0. The number of halogens is 7. The van der Waals surface area contributed by atoms with Gasteiger partial charge in [0.2, 0.25) is 5.82 Å². The summed E-state index contributed by atoms with van der Waals surface area (Å²) >= 11 is 0. The van der Waals surface area contributed by atoms with Gasteiger partial charge >= 0.3 is 0 Å². The van der Waals surface area contributed by atoms with E-state index in [1.54, 1.807) is 0 Å². The van der Waals surface area contributed by atoms with Gasteiger partial charge in [-0.1, -0.05) is 21.3 Å². The van der Waals surface area contributed by atoms with Crippen molar-refractivity contribution < 1.29 is 30.7 Å². The van der Waals surface area contributed by atoms with Crippen LogP contribution in [0, 0.1) is 35.0 Å². The maximum absolute atomic E-state index is 13.4. The van der Waals surface area contributed by atoms with Crippen LogP contribution < -0.4 is 0 Å². The van der Waals surface area contributed by atoms with Gasteiger partial charge in [-0.3, -0.25) is 0 Å². The maximum atomic E-state index is 13.4. The van der Waals surface area contributed by atoms with Gasteiger partial charge in [0.1, 0.15) is 0 Å². The smallest absolute Gasteiger partial charge is 0.203 e. The normalized spacial score (nSPS) is 11.7. The van der Waals surface area contributed by atoms with Gasteiger partial charge in [0.25, 0.3) is 5.92 Å². The average molecular weight is 276 g/mol. The van der Waals surface area contributed by atoms with Crippen molar-refractivity contribution in [1.82, 2.24) is 0 Å². The minimum absolute atomic E-state index is 0. The van der Waals surface area contributed by atoms with Crippen molar-refractivity contribution in [2.24, 2.45) is 5.92 Å². The van der Waals surface area contributed by atoms with Gasteiger partial charge in [0.15, 0.2) is 23.3 Å². The lowest BCUT2D eigenvalue weighted by Gasteiger charge is -2.22. The summed E-state index contributed by atoms with van der Waals surface area (Å²) in [5.74, 6) is -18.0. The van der Waals surface area contributed by atoms with E-state index < -0.39 is 46.5 Å². The van der Waals surface area contributed by atoms with Crippen LogP contribution in [0.15, 0.2) is 0 Å². The molecule has 0 aliphatic rings. The van der Waals surface area contributed by atoms with Crippen LogP contribution in [0.1, 0.15) is 26.8 Å². The predicted molar refractivity (Wildman–Crippen MR) is 51.7 cm³/mol. The summed E-state index contributed by atoms with van der Waals surface area (Å²) in [5, 5.41) is 0. The molecule has 0 saturated heterocycles. The van der Waals surface area contributed by atoms with Crippen LogP contribution in [0.2, 0.25) is 0 Å². The Morgan fingerprint density at radius 1 is 0.722 bits per heavy atom. The molecular formula is C11H11F7. The fourth-order valence-corrected chi connectivity index (χ4v) is 1.19. The van der Waals surface area contributed by atoms with Crippen LogP contribution in [0.4, 0.5) is 30.7 Å². The molecule has 0 heterocycles. The van der Waals surface area contributed by atoms with Crippen molar-refractivity contribution in [2.45, 2.75) is 27.2 Å². The van der Waals surface area contributed by atoms with Crippen molar-refractivity contribution in [2.75, 3.05) is 0 Å². The minimum Gasteiger partial charge on any atom is -0.203 e. The van der Waals surface area contributed by atoms with Gasteiger partial charge < -0.3 is 0 Å². The molecule has 0 atom stereocenters.